The number of carbonyl (C=O) groups excluding carboxylic acids is 1. The number of carbonyl (C=O) groups is 1. The summed E-state index contributed by atoms with van der Waals surface area (Å²) >= 11 is 0. The van der Waals surface area contributed by atoms with Gasteiger partial charge >= 0.3 is 0 Å². The summed E-state index contributed by atoms with van der Waals surface area (Å²) in [6.07, 6.45) is 3.37. The average Bonchev–Trinajstić information content (AvgIpc) is 2.37. The number of nitrogens with zero attached hydrogens (tertiary/aromatic N) is 1. The highest BCUT2D eigenvalue weighted by molar-refractivity contribution is 5.78. The second-order valence-corrected chi connectivity index (χ2v) is 4.81. The van der Waals surface area contributed by atoms with Crippen molar-refractivity contribution < 1.29 is 4.79 Å². The van der Waals surface area contributed by atoms with Gasteiger partial charge in [-0.05, 0) is 26.2 Å². The Morgan fingerprint density at radius 3 is 2.12 bits per heavy atom. The molecule has 0 spiro atoms. The van der Waals surface area contributed by atoms with Gasteiger partial charge in [0.2, 0.25) is 5.91 Å². The fourth-order valence-electron chi connectivity index (χ4n) is 1.78. The van der Waals surface area contributed by atoms with Crippen molar-refractivity contribution in [2.75, 3.05) is 19.6 Å². The molecule has 1 atom stereocenters. The molecule has 0 aromatic carbocycles. The van der Waals surface area contributed by atoms with Crippen LogP contribution in [0, 0.1) is 5.92 Å². The van der Waals surface area contributed by atoms with E-state index in [9.17, 15) is 4.79 Å². The van der Waals surface area contributed by atoms with Crippen LogP contribution >= 0.6 is 0 Å². The summed E-state index contributed by atoms with van der Waals surface area (Å²) in [5.74, 6) is 0.877. The SMILES string of the molecule is CCC(CC)CN(CC)C(=O)CNC(C)CC. The van der Waals surface area contributed by atoms with Gasteiger partial charge in [-0.3, -0.25) is 4.79 Å². The lowest BCUT2D eigenvalue weighted by Crippen LogP contribution is -2.42. The van der Waals surface area contributed by atoms with Gasteiger partial charge in [-0.15, -0.1) is 0 Å². The fraction of sp³-hybridized carbons (Fsp3) is 0.929. The van der Waals surface area contributed by atoms with Gasteiger partial charge in [0.1, 0.15) is 0 Å². The molecule has 17 heavy (non-hydrogen) atoms. The number of rotatable bonds is 9. The Hall–Kier alpha value is -0.570. The van der Waals surface area contributed by atoms with Crippen LogP contribution in [0.1, 0.15) is 53.9 Å². The topological polar surface area (TPSA) is 32.3 Å². The van der Waals surface area contributed by atoms with Crippen molar-refractivity contribution in [3.8, 4) is 0 Å². The highest BCUT2D eigenvalue weighted by atomic mass is 16.2. The van der Waals surface area contributed by atoms with Gasteiger partial charge in [-0.25, -0.2) is 0 Å². The minimum absolute atomic E-state index is 0.236. The lowest BCUT2D eigenvalue weighted by atomic mass is 10.0. The van der Waals surface area contributed by atoms with Crippen LogP contribution in [-0.2, 0) is 4.79 Å². The summed E-state index contributed by atoms with van der Waals surface area (Å²) in [6.45, 7) is 12.9. The van der Waals surface area contributed by atoms with E-state index >= 15 is 0 Å². The predicted molar refractivity (Wildman–Crippen MR) is 74.1 cm³/mol. The van der Waals surface area contributed by atoms with Crippen LogP contribution in [0.15, 0.2) is 0 Å². The Kier molecular flexibility index (Phi) is 9.14. The molecule has 0 heterocycles. The van der Waals surface area contributed by atoms with Gasteiger partial charge < -0.3 is 10.2 Å². The first-order valence-corrected chi connectivity index (χ1v) is 7.09. The standard InChI is InChI=1S/C14H30N2O/c1-6-12(5)15-10-14(17)16(9-4)11-13(7-2)8-3/h12-13,15H,6-11H2,1-5H3. The van der Waals surface area contributed by atoms with Crippen LogP contribution in [0.5, 0.6) is 0 Å². The van der Waals surface area contributed by atoms with E-state index in [2.05, 4.69) is 39.9 Å². The maximum atomic E-state index is 12.0. The van der Waals surface area contributed by atoms with Crippen LogP contribution in [0.25, 0.3) is 0 Å². The van der Waals surface area contributed by atoms with E-state index in [-0.39, 0.29) is 5.91 Å². The molecule has 0 fully saturated rings. The zero-order valence-electron chi connectivity index (χ0n) is 12.3. The predicted octanol–water partition coefficient (Wildman–Crippen LogP) is 2.66. The summed E-state index contributed by atoms with van der Waals surface area (Å²) in [6, 6.07) is 0.422. The normalized spacial score (nSPS) is 12.8. The van der Waals surface area contributed by atoms with Crippen LogP contribution in [0.4, 0.5) is 0 Å². The molecule has 0 aromatic heterocycles. The molecule has 0 aliphatic carbocycles. The van der Waals surface area contributed by atoms with E-state index in [1.165, 1.54) is 0 Å². The molecule has 1 N–H and O–H groups in total. The molecule has 102 valence electrons. The Balaban J connectivity index is 4.11. The van der Waals surface area contributed by atoms with E-state index < -0.39 is 0 Å². The van der Waals surface area contributed by atoms with Gasteiger partial charge in [0.15, 0.2) is 0 Å². The lowest BCUT2D eigenvalue weighted by molar-refractivity contribution is -0.130. The molecule has 0 radical (unpaired) electrons. The van der Waals surface area contributed by atoms with Gasteiger partial charge in [0.05, 0.1) is 6.54 Å². The second-order valence-electron chi connectivity index (χ2n) is 4.81. The maximum Gasteiger partial charge on any atom is 0.236 e. The highest BCUT2D eigenvalue weighted by Gasteiger charge is 2.15. The Labute approximate surface area is 107 Å². The molecule has 3 heteroatoms. The molecule has 0 saturated carbocycles. The fourth-order valence-corrected chi connectivity index (χ4v) is 1.78. The molecule has 0 bridgehead atoms. The summed E-state index contributed by atoms with van der Waals surface area (Å²) < 4.78 is 0. The zero-order chi connectivity index (χ0) is 13.3. The van der Waals surface area contributed by atoms with Gasteiger partial charge in [0, 0.05) is 19.1 Å². The van der Waals surface area contributed by atoms with E-state index in [0.29, 0.717) is 18.5 Å². The summed E-state index contributed by atoms with van der Waals surface area (Å²) in [5.41, 5.74) is 0. The average molecular weight is 242 g/mol. The first-order valence-electron chi connectivity index (χ1n) is 7.09. The molecule has 1 amide bonds. The van der Waals surface area contributed by atoms with Crippen LogP contribution in [-0.4, -0.2) is 36.5 Å². The molecule has 1 unspecified atom stereocenters. The summed E-state index contributed by atoms with van der Waals surface area (Å²) in [4.78, 5) is 14.0. The Morgan fingerprint density at radius 1 is 1.12 bits per heavy atom. The highest BCUT2D eigenvalue weighted by Crippen LogP contribution is 2.09. The van der Waals surface area contributed by atoms with Gasteiger partial charge in [-0.1, -0.05) is 33.6 Å². The van der Waals surface area contributed by atoms with Crippen molar-refractivity contribution in [1.29, 1.82) is 0 Å². The van der Waals surface area contributed by atoms with E-state index in [1.807, 2.05) is 4.90 Å². The molecule has 3 nitrogen and oxygen atoms in total. The van der Waals surface area contributed by atoms with E-state index in [0.717, 1.165) is 32.4 Å². The van der Waals surface area contributed by atoms with Crippen molar-refractivity contribution in [3.63, 3.8) is 0 Å². The van der Waals surface area contributed by atoms with Crippen molar-refractivity contribution in [3.05, 3.63) is 0 Å². The first kappa shape index (κ1) is 16.4. The quantitative estimate of drug-likeness (QED) is 0.674. The van der Waals surface area contributed by atoms with Crippen LogP contribution < -0.4 is 5.32 Å². The monoisotopic (exact) mass is 242 g/mol. The number of nitrogens with one attached hydrogen (secondary N) is 1. The number of likely N-dealkylation sites (N-methyl/N-ethyl adjacent to an activating group) is 1. The first-order chi connectivity index (χ1) is 8.08. The third-order valence-electron chi connectivity index (χ3n) is 3.58. The van der Waals surface area contributed by atoms with E-state index in [4.69, 9.17) is 0 Å². The smallest absolute Gasteiger partial charge is 0.236 e. The zero-order valence-corrected chi connectivity index (χ0v) is 12.3. The van der Waals surface area contributed by atoms with Crippen molar-refractivity contribution >= 4 is 5.91 Å². The van der Waals surface area contributed by atoms with Crippen LogP contribution in [0.3, 0.4) is 0 Å². The summed E-state index contributed by atoms with van der Waals surface area (Å²) in [7, 11) is 0. The van der Waals surface area contributed by atoms with Gasteiger partial charge in [-0.2, -0.15) is 0 Å². The number of hydrogen-bond donors (Lipinski definition) is 1. The molecule has 0 saturated heterocycles. The Bertz CT molecular complexity index is 202. The van der Waals surface area contributed by atoms with Crippen molar-refractivity contribution in [2.45, 2.75) is 59.9 Å². The lowest BCUT2D eigenvalue weighted by Gasteiger charge is -2.26. The largest absolute Gasteiger partial charge is 0.342 e. The third kappa shape index (κ3) is 6.67. The molecular formula is C14H30N2O. The van der Waals surface area contributed by atoms with Crippen molar-refractivity contribution in [2.24, 2.45) is 5.92 Å². The minimum Gasteiger partial charge on any atom is -0.342 e. The van der Waals surface area contributed by atoms with E-state index in [1.54, 1.807) is 0 Å². The number of amides is 1. The molecule has 0 aromatic rings. The van der Waals surface area contributed by atoms with Gasteiger partial charge in [0.25, 0.3) is 0 Å². The third-order valence-corrected chi connectivity index (χ3v) is 3.58. The molecule has 0 aliphatic heterocycles. The molecule has 0 aliphatic rings. The second kappa shape index (κ2) is 9.46. The maximum absolute atomic E-state index is 12.0. The number of hydrogen-bond acceptors (Lipinski definition) is 2. The molecule has 0 rings (SSSR count). The Morgan fingerprint density at radius 2 is 1.71 bits per heavy atom. The van der Waals surface area contributed by atoms with Crippen LogP contribution in [0.2, 0.25) is 0 Å². The minimum atomic E-state index is 0.236. The summed E-state index contributed by atoms with van der Waals surface area (Å²) in [5, 5.41) is 3.26. The molecular weight excluding hydrogens is 212 g/mol. The van der Waals surface area contributed by atoms with Crippen molar-refractivity contribution in [1.82, 2.24) is 10.2 Å².